The zero-order valence-corrected chi connectivity index (χ0v) is 12.2. The predicted molar refractivity (Wildman–Crippen MR) is 76.6 cm³/mol. The predicted octanol–water partition coefficient (Wildman–Crippen LogP) is -0.352. The van der Waals surface area contributed by atoms with Gasteiger partial charge in [-0.15, -0.1) is 0 Å². The summed E-state index contributed by atoms with van der Waals surface area (Å²) in [6.07, 6.45) is 1.07. The van der Waals surface area contributed by atoms with Gasteiger partial charge in [-0.3, -0.25) is 9.52 Å². The van der Waals surface area contributed by atoms with Crippen molar-refractivity contribution in [1.82, 2.24) is 5.32 Å². The highest BCUT2D eigenvalue weighted by molar-refractivity contribution is 7.92. The third-order valence-corrected chi connectivity index (χ3v) is 2.99. The van der Waals surface area contributed by atoms with Crippen LogP contribution in [0, 0.1) is 0 Å². The zero-order chi connectivity index (χ0) is 15.2. The molecule has 0 aliphatic heterocycles. The number of nitrogens with two attached hydrogens (primary N) is 1. The molecule has 1 atom stereocenters. The second-order valence-corrected chi connectivity index (χ2v) is 6.10. The van der Waals surface area contributed by atoms with Crippen LogP contribution < -0.4 is 15.8 Å². The van der Waals surface area contributed by atoms with Crippen LogP contribution in [0.5, 0.6) is 0 Å². The summed E-state index contributed by atoms with van der Waals surface area (Å²) >= 11 is 0. The maximum Gasteiger partial charge on any atom is 0.239 e. The molecule has 0 aliphatic carbocycles. The second-order valence-electron chi connectivity index (χ2n) is 4.35. The molecule has 0 saturated heterocycles. The molecule has 0 fully saturated rings. The van der Waals surface area contributed by atoms with Crippen molar-refractivity contribution in [3.63, 3.8) is 0 Å². The molecule has 7 nitrogen and oxygen atoms in total. The Morgan fingerprint density at radius 3 is 2.75 bits per heavy atom. The zero-order valence-electron chi connectivity index (χ0n) is 11.4. The normalized spacial score (nSPS) is 12.8. The summed E-state index contributed by atoms with van der Waals surface area (Å²) in [4.78, 5) is 11.6. The number of carbonyl (C=O) groups is 1. The number of nitrogens with one attached hydrogen (secondary N) is 2. The minimum Gasteiger partial charge on any atom is -0.383 e. The first kappa shape index (κ1) is 16.4. The summed E-state index contributed by atoms with van der Waals surface area (Å²) in [6, 6.07) is 6.02. The number of hydrogen-bond donors (Lipinski definition) is 3. The molecule has 0 heterocycles. The lowest BCUT2D eigenvalue weighted by atomic mass is 10.2. The van der Waals surface area contributed by atoms with E-state index < -0.39 is 16.1 Å². The van der Waals surface area contributed by atoms with E-state index in [2.05, 4.69) is 10.0 Å². The Kier molecular flexibility index (Phi) is 5.93. The number of hydrogen-bond acceptors (Lipinski definition) is 5. The van der Waals surface area contributed by atoms with Gasteiger partial charge in [0.2, 0.25) is 15.9 Å². The molecule has 0 radical (unpaired) electrons. The number of amides is 1. The molecule has 20 heavy (non-hydrogen) atoms. The second kappa shape index (κ2) is 7.22. The number of methoxy groups -OCH3 is 1. The Balaban J connectivity index is 2.61. The molecular formula is C12H19N3O4S. The summed E-state index contributed by atoms with van der Waals surface area (Å²) in [7, 11) is -1.85. The Labute approximate surface area is 118 Å². The van der Waals surface area contributed by atoms with Crippen LogP contribution in [-0.2, 0) is 26.1 Å². The highest BCUT2D eigenvalue weighted by atomic mass is 32.2. The number of carbonyl (C=O) groups excluding carboxylic acids is 1. The molecule has 1 aromatic rings. The van der Waals surface area contributed by atoms with E-state index in [4.69, 9.17) is 10.5 Å². The van der Waals surface area contributed by atoms with Crippen LogP contribution in [0.25, 0.3) is 0 Å². The van der Waals surface area contributed by atoms with E-state index in [1.807, 2.05) is 0 Å². The maximum atomic E-state index is 11.6. The molecule has 1 rings (SSSR count). The summed E-state index contributed by atoms with van der Waals surface area (Å²) in [5, 5.41) is 2.65. The van der Waals surface area contributed by atoms with Crippen molar-refractivity contribution in [3.8, 4) is 0 Å². The van der Waals surface area contributed by atoms with E-state index >= 15 is 0 Å². The van der Waals surface area contributed by atoms with E-state index in [0.717, 1.165) is 11.8 Å². The number of sulfonamides is 1. The van der Waals surface area contributed by atoms with Crippen molar-refractivity contribution in [2.24, 2.45) is 5.73 Å². The number of ether oxygens (including phenoxy) is 1. The van der Waals surface area contributed by atoms with Gasteiger partial charge in [0.1, 0.15) is 6.04 Å². The lowest BCUT2D eigenvalue weighted by Crippen LogP contribution is -2.43. The summed E-state index contributed by atoms with van der Waals surface area (Å²) < 4.78 is 29.4. The van der Waals surface area contributed by atoms with E-state index in [0.29, 0.717) is 5.69 Å². The van der Waals surface area contributed by atoms with Crippen LogP contribution in [0.4, 0.5) is 5.69 Å². The highest BCUT2D eigenvalue weighted by Crippen LogP contribution is 2.11. The minimum atomic E-state index is -3.32. The molecule has 0 saturated carbocycles. The smallest absolute Gasteiger partial charge is 0.239 e. The first-order valence-corrected chi connectivity index (χ1v) is 7.80. The third kappa shape index (κ3) is 6.00. The molecule has 112 valence electrons. The highest BCUT2D eigenvalue weighted by Gasteiger charge is 2.12. The standard InChI is InChI=1S/C12H19N3O4S/c1-19-8-11(13)12(16)14-7-9-4-3-5-10(6-9)15-20(2,17)18/h3-6,11,15H,7-8,13H2,1-2H3,(H,14,16). The molecule has 8 heteroatoms. The van der Waals surface area contributed by atoms with Gasteiger partial charge in [0, 0.05) is 19.3 Å². The lowest BCUT2D eigenvalue weighted by molar-refractivity contribution is -0.123. The lowest BCUT2D eigenvalue weighted by Gasteiger charge is -2.12. The van der Waals surface area contributed by atoms with Crippen LogP contribution in [-0.4, -0.2) is 40.3 Å². The van der Waals surface area contributed by atoms with Crippen LogP contribution in [0.15, 0.2) is 24.3 Å². The van der Waals surface area contributed by atoms with Gasteiger partial charge in [-0.05, 0) is 17.7 Å². The average molecular weight is 301 g/mol. The topological polar surface area (TPSA) is 111 Å². The largest absolute Gasteiger partial charge is 0.383 e. The molecular weight excluding hydrogens is 282 g/mol. The van der Waals surface area contributed by atoms with Gasteiger partial charge >= 0.3 is 0 Å². The van der Waals surface area contributed by atoms with Gasteiger partial charge in [-0.2, -0.15) is 0 Å². The molecule has 0 aliphatic rings. The monoisotopic (exact) mass is 301 g/mol. The summed E-state index contributed by atoms with van der Waals surface area (Å²) in [5.74, 6) is -0.326. The SMILES string of the molecule is COCC(N)C(=O)NCc1cccc(NS(C)(=O)=O)c1. The van der Waals surface area contributed by atoms with Crippen molar-refractivity contribution in [1.29, 1.82) is 0 Å². The van der Waals surface area contributed by atoms with Crippen molar-refractivity contribution >= 4 is 21.6 Å². The molecule has 1 amide bonds. The molecule has 0 spiro atoms. The van der Waals surface area contributed by atoms with Crippen LogP contribution in [0.2, 0.25) is 0 Å². The van der Waals surface area contributed by atoms with E-state index in [1.165, 1.54) is 7.11 Å². The Morgan fingerprint density at radius 1 is 1.45 bits per heavy atom. The minimum absolute atomic E-state index is 0.140. The van der Waals surface area contributed by atoms with E-state index in [9.17, 15) is 13.2 Å². The summed E-state index contributed by atoms with van der Waals surface area (Å²) in [5.41, 5.74) is 6.78. The Hall–Kier alpha value is -1.64. The first-order valence-electron chi connectivity index (χ1n) is 5.91. The molecule has 0 bridgehead atoms. The van der Waals surface area contributed by atoms with Crippen molar-refractivity contribution in [3.05, 3.63) is 29.8 Å². The average Bonchev–Trinajstić information content (AvgIpc) is 2.34. The Bertz CT molecular complexity index is 560. The van der Waals surface area contributed by atoms with Crippen LogP contribution in [0.3, 0.4) is 0 Å². The molecule has 1 aromatic carbocycles. The number of anilines is 1. The fourth-order valence-electron chi connectivity index (χ4n) is 1.53. The number of rotatable bonds is 7. The fraction of sp³-hybridized carbons (Fsp3) is 0.417. The maximum absolute atomic E-state index is 11.6. The quantitative estimate of drug-likeness (QED) is 0.637. The van der Waals surface area contributed by atoms with E-state index in [1.54, 1.807) is 24.3 Å². The Morgan fingerprint density at radius 2 is 2.15 bits per heavy atom. The molecule has 4 N–H and O–H groups in total. The molecule has 0 aromatic heterocycles. The third-order valence-electron chi connectivity index (χ3n) is 2.38. The first-order chi connectivity index (χ1) is 9.31. The van der Waals surface area contributed by atoms with Gasteiger partial charge < -0.3 is 15.8 Å². The number of benzene rings is 1. The van der Waals surface area contributed by atoms with Crippen LogP contribution in [0.1, 0.15) is 5.56 Å². The van der Waals surface area contributed by atoms with E-state index in [-0.39, 0.29) is 19.1 Å². The molecule has 1 unspecified atom stereocenters. The summed E-state index contributed by atoms with van der Waals surface area (Å²) in [6.45, 7) is 0.400. The van der Waals surface area contributed by atoms with Gasteiger partial charge in [0.05, 0.1) is 12.9 Å². The van der Waals surface area contributed by atoms with Gasteiger partial charge in [0.25, 0.3) is 0 Å². The van der Waals surface area contributed by atoms with Crippen molar-refractivity contribution < 1.29 is 17.9 Å². The van der Waals surface area contributed by atoms with Crippen molar-refractivity contribution in [2.45, 2.75) is 12.6 Å². The van der Waals surface area contributed by atoms with Gasteiger partial charge in [0.15, 0.2) is 0 Å². The van der Waals surface area contributed by atoms with Gasteiger partial charge in [-0.1, -0.05) is 12.1 Å². The van der Waals surface area contributed by atoms with Crippen molar-refractivity contribution in [2.75, 3.05) is 24.7 Å². The van der Waals surface area contributed by atoms with Crippen LogP contribution >= 0.6 is 0 Å². The van der Waals surface area contributed by atoms with Gasteiger partial charge in [-0.25, -0.2) is 8.42 Å². The fourth-order valence-corrected chi connectivity index (χ4v) is 2.09.